The molecule has 1 unspecified atom stereocenters. The van der Waals surface area contributed by atoms with Gasteiger partial charge in [-0.05, 0) is 45.8 Å². The molecule has 0 aromatic rings. The molecule has 1 saturated heterocycles. The highest BCUT2D eigenvalue weighted by molar-refractivity contribution is 7.90. The fourth-order valence-corrected chi connectivity index (χ4v) is 3.35. The molecular formula is C11H25ClN2O2S. The molecule has 0 aromatic heterocycles. The molecule has 17 heavy (non-hydrogen) atoms. The van der Waals surface area contributed by atoms with E-state index in [0.717, 1.165) is 19.6 Å². The molecule has 1 heterocycles. The van der Waals surface area contributed by atoms with E-state index in [9.17, 15) is 8.42 Å². The van der Waals surface area contributed by atoms with Crippen LogP contribution in [0.5, 0.6) is 0 Å². The molecule has 0 aromatic carbocycles. The van der Waals surface area contributed by atoms with Gasteiger partial charge >= 0.3 is 0 Å². The maximum atomic E-state index is 11.2. The zero-order valence-corrected chi connectivity index (χ0v) is 12.6. The predicted molar refractivity (Wildman–Crippen MR) is 74.6 cm³/mol. The second-order valence-corrected chi connectivity index (χ2v) is 7.26. The topological polar surface area (TPSA) is 49.4 Å². The zero-order valence-electron chi connectivity index (χ0n) is 11.0. The smallest absolute Gasteiger partial charge is 0.148 e. The van der Waals surface area contributed by atoms with Gasteiger partial charge in [-0.1, -0.05) is 0 Å². The minimum absolute atomic E-state index is 0. The number of sulfone groups is 1. The number of piperidine rings is 1. The van der Waals surface area contributed by atoms with E-state index in [2.05, 4.69) is 10.2 Å². The molecule has 0 saturated carbocycles. The van der Waals surface area contributed by atoms with Gasteiger partial charge in [-0.3, -0.25) is 0 Å². The van der Waals surface area contributed by atoms with Gasteiger partial charge in [-0.2, -0.15) is 0 Å². The average Bonchev–Trinajstić information content (AvgIpc) is 2.16. The van der Waals surface area contributed by atoms with Crippen LogP contribution in [0.25, 0.3) is 0 Å². The van der Waals surface area contributed by atoms with E-state index < -0.39 is 9.84 Å². The highest BCUT2D eigenvalue weighted by Gasteiger charge is 2.20. The lowest BCUT2D eigenvalue weighted by Crippen LogP contribution is -2.40. The fraction of sp³-hybridized carbons (Fsp3) is 1.00. The highest BCUT2D eigenvalue weighted by atomic mass is 35.5. The molecule has 0 aliphatic carbocycles. The number of rotatable bonds is 5. The van der Waals surface area contributed by atoms with Crippen LogP contribution in [-0.2, 0) is 9.84 Å². The minimum atomic E-state index is -2.86. The zero-order chi connectivity index (χ0) is 12.2. The Hall–Kier alpha value is 0.160. The predicted octanol–water partition coefficient (Wildman–Crippen LogP) is 0.773. The highest BCUT2D eigenvalue weighted by Crippen LogP contribution is 2.14. The van der Waals surface area contributed by atoms with Crippen molar-refractivity contribution in [2.45, 2.75) is 25.8 Å². The van der Waals surface area contributed by atoms with Crippen molar-refractivity contribution in [1.82, 2.24) is 10.2 Å². The van der Waals surface area contributed by atoms with E-state index in [1.165, 1.54) is 19.1 Å². The third kappa shape index (κ3) is 7.24. The van der Waals surface area contributed by atoms with E-state index in [4.69, 9.17) is 0 Å². The molecule has 1 aliphatic heterocycles. The molecular weight excluding hydrogens is 260 g/mol. The summed E-state index contributed by atoms with van der Waals surface area (Å²) in [6.07, 6.45) is 3.72. The van der Waals surface area contributed by atoms with Crippen molar-refractivity contribution in [3.63, 3.8) is 0 Å². The lowest BCUT2D eigenvalue weighted by Gasteiger charge is -2.30. The minimum Gasteiger partial charge on any atom is -0.317 e. The molecule has 1 aliphatic rings. The van der Waals surface area contributed by atoms with Crippen LogP contribution < -0.4 is 5.32 Å². The van der Waals surface area contributed by atoms with Crippen LogP contribution in [0.1, 0.15) is 19.8 Å². The van der Waals surface area contributed by atoms with Crippen LogP contribution in [-0.4, -0.2) is 58.1 Å². The van der Waals surface area contributed by atoms with Crippen LogP contribution in [0.4, 0.5) is 0 Å². The van der Waals surface area contributed by atoms with E-state index in [-0.39, 0.29) is 24.2 Å². The quantitative estimate of drug-likeness (QED) is 0.810. The van der Waals surface area contributed by atoms with Crippen LogP contribution >= 0.6 is 12.4 Å². The molecule has 0 bridgehead atoms. The third-order valence-electron chi connectivity index (χ3n) is 3.30. The number of hydrogen-bond donors (Lipinski definition) is 1. The van der Waals surface area contributed by atoms with Gasteiger partial charge in [0.2, 0.25) is 0 Å². The summed E-state index contributed by atoms with van der Waals surface area (Å²) in [5, 5.41) is 3.34. The monoisotopic (exact) mass is 284 g/mol. The van der Waals surface area contributed by atoms with Crippen molar-refractivity contribution in [2.24, 2.45) is 5.92 Å². The first-order chi connectivity index (χ1) is 7.38. The summed E-state index contributed by atoms with van der Waals surface area (Å²) >= 11 is 0. The molecule has 1 N–H and O–H groups in total. The van der Waals surface area contributed by atoms with Crippen molar-refractivity contribution in [2.75, 3.05) is 38.7 Å². The third-order valence-corrected chi connectivity index (χ3v) is 4.39. The van der Waals surface area contributed by atoms with Crippen molar-refractivity contribution >= 4 is 22.2 Å². The van der Waals surface area contributed by atoms with Crippen LogP contribution in [0, 0.1) is 5.92 Å². The maximum Gasteiger partial charge on any atom is 0.148 e. The van der Waals surface area contributed by atoms with Gasteiger partial charge in [-0.15, -0.1) is 12.4 Å². The summed E-state index contributed by atoms with van der Waals surface area (Å²) in [6, 6.07) is 0.116. The van der Waals surface area contributed by atoms with Crippen LogP contribution in [0.2, 0.25) is 0 Å². The van der Waals surface area contributed by atoms with E-state index >= 15 is 0 Å². The fourth-order valence-electron chi connectivity index (χ4n) is 2.22. The molecule has 0 spiro atoms. The normalized spacial score (nSPS) is 20.0. The number of hydrogen-bond acceptors (Lipinski definition) is 4. The number of nitrogens with one attached hydrogen (secondary N) is 1. The molecule has 1 atom stereocenters. The Bertz CT molecular complexity index is 303. The second kappa shape index (κ2) is 7.56. The van der Waals surface area contributed by atoms with Crippen molar-refractivity contribution < 1.29 is 8.42 Å². The van der Waals surface area contributed by atoms with Crippen molar-refractivity contribution in [3.8, 4) is 0 Å². The molecule has 1 fully saturated rings. The molecule has 0 radical (unpaired) electrons. The van der Waals surface area contributed by atoms with E-state index in [1.54, 1.807) is 0 Å². The molecule has 4 nitrogen and oxygen atoms in total. The standard InChI is InChI=1S/C11H24N2O2S.ClH/c1-10(9-16(3,14)15)13(2)8-11-4-6-12-7-5-11;/h10-12H,4-9H2,1-3H3;1H. The summed E-state index contributed by atoms with van der Waals surface area (Å²) < 4.78 is 22.4. The Kier molecular flexibility index (Phi) is 7.63. The molecule has 0 amide bonds. The number of nitrogens with zero attached hydrogens (tertiary/aromatic N) is 1. The summed E-state index contributed by atoms with van der Waals surface area (Å²) in [4.78, 5) is 2.18. The summed E-state index contributed by atoms with van der Waals surface area (Å²) in [7, 11) is -0.838. The van der Waals surface area contributed by atoms with Crippen LogP contribution in [0.15, 0.2) is 0 Å². The molecule has 104 valence electrons. The van der Waals surface area contributed by atoms with Gasteiger partial charge in [0.25, 0.3) is 0 Å². The Balaban J connectivity index is 0.00000256. The first kappa shape index (κ1) is 17.2. The Morgan fingerprint density at radius 3 is 2.35 bits per heavy atom. The SMILES string of the molecule is CC(CS(C)(=O)=O)N(C)CC1CCNCC1.Cl. The van der Waals surface area contributed by atoms with Crippen molar-refractivity contribution in [1.29, 1.82) is 0 Å². The Labute approximate surface area is 111 Å². The van der Waals surface area contributed by atoms with E-state index in [1.807, 2.05) is 14.0 Å². The average molecular weight is 285 g/mol. The molecule has 6 heteroatoms. The van der Waals surface area contributed by atoms with Crippen LogP contribution in [0.3, 0.4) is 0 Å². The largest absolute Gasteiger partial charge is 0.317 e. The first-order valence-electron chi connectivity index (χ1n) is 5.97. The van der Waals surface area contributed by atoms with Gasteiger partial charge in [0.05, 0.1) is 5.75 Å². The second-order valence-electron chi connectivity index (χ2n) is 5.07. The van der Waals surface area contributed by atoms with Crippen molar-refractivity contribution in [3.05, 3.63) is 0 Å². The van der Waals surface area contributed by atoms with Gasteiger partial charge in [0.1, 0.15) is 9.84 Å². The molecule has 1 rings (SSSR count). The first-order valence-corrected chi connectivity index (χ1v) is 8.03. The lowest BCUT2D eigenvalue weighted by atomic mass is 9.97. The number of halogens is 1. The van der Waals surface area contributed by atoms with Gasteiger partial charge in [0.15, 0.2) is 0 Å². The van der Waals surface area contributed by atoms with E-state index in [0.29, 0.717) is 5.92 Å². The van der Waals surface area contributed by atoms with Gasteiger partial charge < -0.3 is 10.2 Å². The van der Waals surface area contributed by atoms with Gasteiger partial charge in [0, 0.05) is 18.8 Å². The van der Waals surface area contributed by atoms with Gasteiger partial charge in [-0.25, -0.2) is 8.42 Å². The Morgan fingerprint density at radius 2 is 1.88 bits per heavy atom. The summed E-state index contributed by atoms with van der Waals surface area (Å²) in [6.45, 7) is 5.19. The lowest BCUT2D eigenvalue weighted by molar-refractivity contribution is 0.206. The maximum absolute atomic E-state index is 11.2. The summed E-state index contributed by atoms with van der Waals surface area (Å²) in [5.74, 6) is 0.974. The Morgan fingerprint density at radius 1 is 1.35 bits per heavy atom. The summed E-state index contributed by atoms with van der Waals surface area (Å²) in [5.41, 5.74) is 0.